The van der Waals surface area contributed by atoms with Gasteiger partial charge in [-0.25, -0.2) is 4.79 Å². The van der Waals surface area contributed by atoms with Crippen LogP contribution in [0, 0.1) is 0 Å². The number of nitrogens with one attached hydrogen (secondary N) is 1. The molecule has 1 amide bonds. The molecule has 0 saturated heterocycles. The third-order valence-electron chi connectivity index (χ3n) is 3.41. The zero-order valence-electron chi connectivity index (χ0n) is 13.5. The van der Waals surface area contributed by atoms with E-state index in [1.807, 2.05) is 0 Å². The Morgan fingerprint density at radius 2 is 1.92 bits per heavy atom. The van der Waals surface area contributed by atoms with Crippen LogP contribution >= 0.6 is 15.9 Å². The number of halogens is 1. The van der Waals surface area contributed by atoms with Gasteiger partial charge >= 0.3 is 5.97 Å². The van der Waals surface area contributed by atoms with Crippen molar-refractivity contribution in [1.82, 2.24) is 20.4 Å². The van der Waals surface area contributed by atoms with Gasteiger partial charge in [0.05, 0.1) is 36.4 Å². The van der Waals surface area contributed by atoms with Gasteiger partial charge in [0.25, 0.3) is 5.91 Å². The van der Waals surface area contributed by atoms with Gasteiger partial charge in [0.1, 0.15) is 0 Å². The molecular formula is C17H12BrN5O3. The Hall–Kier alpha value is -3.20. The Bertz CT molecular complexity index is 948. The topological polar surface area (TPSA) is 107 Å². The van der Waals surface area contributed by atoms with E-state index in [4.69, 9.17) is 4.74 Å². The fourth-order valence-electron chi connectivity index (χ4n) is 2.14. The highest BCUT2D eigenvalue weighted by atomic mass is 79.9. The van der Waals surface area contributed by atoms with Gasteiger partial charge in [-0.05, 0) is 36.4 Å². The minimum atomic E-state index is -0.556. The first-order valence-electron chi connectivity index (χ1n) is 7.38. The molecule has 3 rings (SSSR count). The molecule has 0 fully saturated rings. The van der Waals surface area contributed by atoms with Crippen LogP contribution in [0.2, 0.25) is 0 Å². The van der Waals surface area contributed by atoms with Crippen molar-refractivity contribution in [2.24, 2.45) is 0 Å². The van der Waals surface area contributed by atoms with E-state index in [2.05, 4.69) is 41.6 Å². The Morgan fingerprint density at radius 3 is 2.58 bits per heavy atom. The first kappa shape index (κ1) is 17.6. The molecule has 0 bridgehead atoms. The summed E-state index contributed by atoms with van der Waals surface area (Å²) in [6.45, 7) is 0. The minimum Gasteiger partial charge on any atom is -0.465 e. The number of hydrogen-bond acceptors (Lipinski definition) is 7. The van der Waals surface area contributed by atoms with Gasteiger partial charge in [-0.2, -0.15) is 10.2 Å². The van der Waals surface area contributed by atoms with Crippen molar-refractivity contribution in [1.29, 1.82) is 0 Å². The fourth-order valence-corrected chi connectivity index (χ4v) is 2.50. The SMILES string of the molecule is COC(=O)c1ccc(Br)cc1NC(=O)c1ccc(-c2ccnnc2)nn1. The third kappa shape index (κ3) is 3.89. The van der Waals surface area contributed by atoms with E-state index in [9.17, 15) is 9.59 Å². The van der Waals surface area contributed by atoms with Crippen LogP contribution in [-0.4, -0.2) is 39.4 Å². The smallest absolute Gasteiger partial charge is 0.339 e. The normalized spacial score (nSPS) is 10.2. The van der Waals surface area contributed by atoms with Crippen LogP contribution in [0.25, 0.3) is 11.3 Å². The lowest BCUT2D eigenvalue weighted by atomic mass is 10.1. The fraction of sp³-hybridized carbons (Fsp3) is 0.0588. The molecule has 2 aromatic heterocycles. The zero-order chi connectivity index (χ0) is 18.5. The molecule has 0 spiro atoms. The van der Waals surface area contributed by atoms with Crippen molar-refractivity contribution in [3.05, 3.63) is 64.5 Å². The Morgan fingerprint density at radius 1 is 1.08 bits per heavy atom. The van der Waals surface area contributed by atoms with E-state index in [1.54, 1.807) is 42.7 Å². The van der Waals surface area contributed by atoms with Crippen molar-refractivity contribution >= 4 is 33.5 Å². The highest BCUT2D eigenvalue weighted by Crippen LogP contribution is 2.23. The number of hydrogen-bond donors (Lipinski definition) is 1. The van der Waals surface area contributed by atoms with Gasteiger partial charge in [-0.15, -0.1) is 10.2 Å². The monoisotopic (exact) mass is 413 g/mol. The van der Waals surface area contributed by atoms with Gasteiger partial charge in [0.15, 0.2) is 5.69 Å². The Kier molecular flexibility index (Phi) is 5.28. The number of rotatable bonds is 4. The van der Waals surface area contributed by atoms with Crippen molar-refractivity contribution in [2.75, 3.05) is 12.4 Å². The number of carbonyl (C=O) groups excluding carboxylic acids is 2. The number of nitrogens with zero attached hydrogens (tertiary/aromatic N) is 4. The summed E-state index contributed by atoms with van der Waals surface area (Å²) >= 11 is 3.31. The predicted octanol–water partition coefficient (Wildman–Crippen LogP) is 2.74. The summed E-state index contributed by atoms with van der Waals surface area (Å²) in [4.78, 5) is 24.3. The predicted molar refractivity (Wildman–Crippen MR) is 96.5 cm³/mol. The standard InChI is InChI=1S/C17H12BrN5O3/c1-26-17(25)12-3-2-11(18)8-15(12)21-16(24)14-5-4-13(22-23-14)10-6-7-19-20-9-10/h2-9H,1H3,(H,21,24). The maximum Gasteiger partial charge on any atom is 0.339 e. The molecule has 0 unspecified atom stereocenters. The average Bonchev–Trinajstić information content (AvgIpc) is 2.68. The van der Waals surface area contributed by atoms with Crippen LogP contribution < -0.4 is 5.32 Å². The first-order valence-corrected chi connectivity index (χ1v) is 8.18. The second kappa shape index (κ2) is 7.79. The molecule has 130 valence electrons. The van der Waals surface area contributed by atoms with Crippen molar-refractivity contribution in [3.63, 3.8) is 0 Å². The number of benzene rings is 1. The number of methoxy groups -OCH3 is 1. The van der Waals surface area contributed by atoms with Crippen molar-refractivity contribution < 1.29 is 14.3 Å². The molecule has 3 aromatic rings. The quantitative estimate of drug-likeness (QED) is 0.655. The van der Waals surface area contributed by atoms with Crippen LogP contribution in [0.3, 0.4) is 0 Å². The van der Waals surface area contributed by atoms with E-state index < -0.39 is 11.9 Å². The number of carbonyl (C=O) groups is 2. The number of amides is 1. The van der Waals surface area contributed by atoms with Crippen LogP contribution in [0.15, 0.2) is 53.3 Å². The Labute approximate surface area is 156 Å². The number of anilines is 1. The summed E-state index contributed by atoms with van der Waals surface area (Å²) in [5, 5.41) is 18.1. The van der Waals surface area contributed by atoms with Crippen LogP contribution in [0.1, 0.15) is 20.8 Å². The molecule has 1 N–H and O–H groups in total. The molecule has 0 atom stereocenters. The summed E-state index contributed by atoms with van der Waals surface area (Å²) in [6.07, 6.45) is 3.09. The molecule has 2 heterocycles. The number of ether oxygens (including phenoxy) is 1. The lowest BCUT2D eigenvalue weighted by molar-refractivity contribution is 0.0602. The Balaban J connectivity index is 1.83. The maximum atomic E-state index is 12.4. The molecule has 0 aliphatic heterocycles. The van der Waals surface area contributed by atoms with Gasteiger partial charge in [0.2, 0.25) is 0 Å². The summed E-state index contributed by atoms with van der Waals surface area (Å²) in [6, 6.07) is 9.76. The summed E-state index contributed by atoms with van der Waals surface area (Å²) in [5.74, 6) is -1.06. The highest BCUT2D eigenvalue weighted by Gasteiger charge is 2.16. The average molecular weight is 414 g/mol. The van der Waals surface area contributed by atoms with Gasteiger partial charge in [-0.3, -0.25) is 4.79 Å². The molecular weight excluding hydrogens is 402 g/mol. The lowest BCUT2D eigenvalue weighted by Gasteiger charge is -2.10. The van der Waals surface area contributed by atoms with Gasteiger partial charge in [-0.1, -0.05) is 15.9 Å². The van der Waals surface area contributed by atoms with Crippen LogP contribution in [0.4, 0.5) is 5.69 Å². The molecule has 0 saturated carbocycles. The lowest BCUT2D eigenvalue weighted by Crippen LogP contribution is -2.17. The third-order valence-corrected chi connectivity index (χ3v) is 3.91. The second-order valence-corrected chi connectivity index (χ2v) is 5.99. The maximum absolute atomic E-state index is 12.4. The first-order chi connectivity index (χ1) is 12.6. The van der Waals surface area contributed by atoms with E-state index in [1.165, 1.54) is 13.2 Å². The minimum absolute atomic E-state index is 0.103. The molecule has 0 aliphatic rings. The van der Waals surface area contributed by atoms with Crippen molar-refractivity contribution in [2.45, 2.75) is 0 Å². The summed E-state index contributed by atoms with van der Waals surface area (Å²) in [5.41, 5.74) is 1.94. The van der Waals surface area contributed by atoms with Crippen LogP contribution in [-0.2, 0) is 4.74 Å². The van der Waals surface area contributed by atoms with Crippen LogP contribution in [0.5, 0.6) is 0 Å². The summed E-state index contributed by atoms with van der Waals surface area (Å²) < 4.78 is 5.43. The van der Waals surface area contributed by atoms with E-state index in [0.29, 0.717) is 15.9 Å². The molecule has 8 nitrogen and oxygen atoms in total. The van der Waals surface area contributed by atoms with E-state index >= 15 is 0 Å². The van der Waals surface area contributed by atoms with E-state index in [0.717, 1.165) is 5.56 Å². The summed E-state index contributed by atoms with van der Waals surface area (Å²) in [7, 11) is 1.27. The van der Waals surface area contributed by atoms with Gasteiger partial charge in [0, 0.05) is 10.0 Å². The molecule has 0 aliphatic carbocycles. The molecule has 1 aromatic carbocycles. The zero-order valence-corrected chi connectivity index (χ0v) is 15.1. The molecule has 0 radical (unpaired) electrons. The second-order valence-electron chi connectivity index (χ2n) is 5.07. The molecule has 9 heteroatoms. The number of aromatic nitrogens is 4. The van der Waals surface area contributed by atoms with Gasteiger partial charge < -0.3 is 10.1 Å². The van der Waals surface area contributed by atoms with Crippen molar-refractivity contribution in [3.8, 4) is 11.3 Å². The highest BCUT2D eigenvalue weighted by molar-refractivity contribution is 9.10. The largest absolute Gasteiger partial charge is 0.465 e. The number of esters is 1. The molecule has 26 heavy (non-hydrogen) atoms. The van der Waals surface area contributed by atoms with E-state index in [-0.39, 0.29) is 11.3 Å².